The van der Waals surface area contributed by atoms with Crippen LogP contribution in [0.1, 0.15) is 23.0 Å². The molecule has 0 amide bonds. The van der Waals surface area contributed by atoms with Gasteiger partial charge in [0.15, 0.2) is 4.34 Å². The van der Waals surface area contributed by atoms with E-state index in [9.17, 15) is 13.2 Å². The molecule has 1 aromatic carbocycles. The van der Waals surface area contributed by atoms with Gasteiger partial charge in [-0.15, -0.1) is 0 Å². The fourth-order valence-electron chi connectivity index (χ4n) is 1.77. The van der Waals surface area contributed by atoms with Crippen LogP contribution in [0.4, 0.5) is 13.2 Å². The first-order chi connectivity index (χ1) is 9.90. The number of alkyl halides is 3. The zero-order chi connectivity index (χ0) is 15.5. The lowest BCUT2D eigenvalue weighted by Crippen LogP contribution is -2.19. The molecule has 1 atom stereocenters. The van der Waals surface area contributed by atoms with Crippen LogP contribution in [0.25, 0.3) is 0 Å². The molecule has 1 unspecified atom stereocenters. The number of thioether (sulfide) groups is 1. The molecule has 114 valence electrons. The molecule has 0 bridgehead atoms. The molecule has 21 heavy (non-hydrogen) atoms. The van der Waals surface area contributed by atoms with Crippen molar-refractivity contribution in [2.24, 2.45) is 0 Å². The maximum Gasteiger partial charge on any atom is 0.416 e. The molecule has 1 heterocycles. The van der Waals surface area contributed by atoms with E-state index < -0.39 is 11.7 Å². The van der Waals surface area contributed by atoms with Crippen LogP contribution >= 0.6 is 23.3 Å². The minimum Gasteiger partial charge on any atom is -0.312 e. The van der Waals surface area contributed by atoms with Gasteiger partial charge in [0, 0.05) is 11.8 Å². The van der Waals surface area contributed by atoms with Crippen molar-refractivity contribution in [1.29, 1.82) is 0 Å². The molecule has 0 saturated heterocycles. The first-order valence-electron chi connectivity index (χ1n) is 6.17. The van der Waals surface area contributed by atoms with E-state index in [1.807, 2.05) is 6.92 Å². The van der Waals surface area contributed by atoms with E-state index >= 15 is 0 Å². The average Bonchev–Trinajstić information content (AvgIpc) is 2.85. The smallest absolute Gasteiger partial charge is 0.312 e. The Morgan fingerprint density at radius 1 is 1.38 bits per heavy atom. The Labute approximate surface area is 129 Å². The Hall–Kier alpha value is -1.12. The second-order valence-corrected chi connectivity index (χ2v) is 6.40. The summed E-state index contributed by atoms with van der Waals surface area (Å²) in [6.45, 7) is 1.81. The number of nitrogens with zero attached hydrogens (tertiary/aromatic N) is 2. The SMILES string of the molecule is CNC(CSc1nc(C)ns1)c1cccc(C(F)(F)F)c1. The summed E-state index contributed by atoms with van der Waals surface area (Å²) in [5, 5.41) is 3.04. The van der Waals surface area contributed by atoms with Gasteiger partial charge in [0.05, 0.1) is 5.56 Å². The van der Waals surface area contributed by atoms with Crippen molar-refractivity contribution in [3.63, 3.8) is 0 Å². The van der Waals surface area contributed by atoms with Crippen LogP contribution in [0.2, 0.25) is 0 Å². The minimum absolute atomic E-state index is 0.179. The van der Waals surface area contributed by atoms with Crippen molar-refractivity contribution in [2.75, 3.05) is 12.8 Å². The molecule has 0 saturated carbocycles. The number of halogens is 3. The van der Waals surface area contributed by atoms with Gasteiger partial charge in [0.25, 0.3) is 0 Å². The molecular formula is C13H14F3N3S2. The molecule has 0 fully saturated rings. The molecule has 1 aromatic heterocycles. The third kappa shape index (κ3) is 4.42. The molecule has 0 aliphatic heterocycles. The van der Waals surface area contributed by atoms with Crippen molar-refractivity contribution >= 4 is 23.3 Å². The third-order valence-corrected chi connectivity index (χ3v) is 4.87. The topological polar surface area (TPSA) is 37.8 Å². The van der Waals surface area contributed by atoms with Crippen LogP contribution in [-0.2, 0) is 6.18 Å². The van der Waals surface area contributed by atoms with E-state index in [0.29, 0.717) is 17.1 Å². The standard InChI is InChI=1S/C13H14F3N3S2/c1-8-18-12(21-19-8)20-7-11(17-2)9-4-3-5-10(6-9)13(14,15)16/h3-6,11,17H,7H2,1-2H3. The summed E-state index contributed by atoms with van der Waals surface area (Å²) in [5.41, 5.74) is -0.0157. The molecule has 2 aromatic rings. The summed E-state index contributed by atoms with van der Waals surface area (Å²) in [6, 6.07) is 5.22. The molecule has 3 nitrogen and oxygen atoms in total. The van der Waals surface area contributed by atoms with E-state index in [0.717, 1.165) is 10.4 Å². The monoisotopic (exact) mass is 333 g/mol. The van der Waals surface area contributed by atoms with Gasteiger partial charge in [-0.1, -0.05) is 23.9 Å². The summed E-state index contributed by atoms with van der Waals surface area (Å²) in [5.74, 6) is 1.30. The van der Waals surface area contributed by atoms with Crippen LogP contribution in [0.15, 0.2) is 28.6 Å². The van der Waals surface area contributed by atoms with Crippen LogP contribution in [0.3, 0.4) is 0 Å². The molecule has 0 aliphatic carbocycles. The summed E-state index contributed by atoms with van der Waals surface area (Å²) in [6.07, 6.45) is -4.32. The Bertz CT molecular complexity index is 598. The predicted octanol–water partition coefficient (Wildman–Crippen LogP) is 3.92. The molecule has 2 rings (SSSR count). The first kappa shape index (κ1) is 16.3. The lowest BCUT2D eigenvalue weighted by Gasteiger charge is -2.17. The van der Waals surface area contributed by atoms with Crippen LogP contribution in [0, 0.1) is 6.92 Å². The molecule has 0 radical (unpaired) electrons. The highest BCUT2D eigenvalue weighted by Crippen LogP contribution is 2.32. The Balaban J connectivity index is 2.10. The van der Waals surface area contributed by atoms with Gasteiger partial charge in [0.1, 0.15) is 5.82 Å². The number of nitrogens with one attached hydrogen (secondary N) is 1. The molecule has 1 N–H and O–H groups in total. The van der Waals surface area contributed by atoms with Crippen molar-refractivity contribution in [3.05, 3.63) is 41.2 Å². The quantitative estimate of drug-likeness (QED) is 0.842. The predicted molar refractivity (Wildman–Crippen MR) is 78.6 cm³/mol. The maximum atomic E-state index is 12.7. The Morgan fingerprint density at radius 2 is 2.14 bits per heavy atom. The number of hydrogen-bond acceptors (Lipinski definition) is 5. The first-order valence-corrected chi connectivity index (χ1v) is 7.93. The van der Waals surface area contributed by atoms with Gasteiger partial charge in [-0.2, -0.15) is 17.5 Å². The van der Waals surface area contributed by atoms with E-state index in [-0.39, 0.29) is 6.04 Å². The van der Waals surface area contributed by atoms with Crippen molar-refractivity contribution in [1.82, 2.24) is 14.7 Å². The molecule has 8 heteroatoms. The van der Waals surface area contributed by atoms with Crippen molar-refractivity contribution in [3.8, 4) is 0 Å². The number of hydrogen-bond donors (Lipinski definition) is 1. The second kappa shape index (κ2) is 6.76. The van der Waals surface area contributed by atoms with Crippen LogP contribution in [-0.4, -0.2) is 22.2 Å². The van der Waals surface area contributed by atoms with E-state index in [4.69, 9.17) is 0 Å². The largest absolute Gasteiger partial charge is 0.416 e. The normalized spacial score (nSPS) is 13.4. The molecule has 0 spiro atoms. The fraction of sp³-hybridized carbons (Fsp3) is 0.385. The third-order valence-electron chi connectivity index (χ3n) is 2.85. The summed E-state index contributed by atoms with van der Waals surface area (Å²) < 4.78 is 43.1. The lowest BCUT2D eigenvalue weighted by atomic mass is 10.1. The van der Waals surface area contributed by atoms with Crippen LogP contribution in [0.5, 0.6) is 0 Å². The number of aromatic nitrogens is 2. The second-order valence-electron chi connectivity index (χ2n) is 4.38. The highest BCUT2D eigenvalue weighted by atomic mass is 32.2. The highest BCUT2D eigenvalue weighted by molar-refractivity contribution is 8.00. The van der Waals surface area contributed by atoms with Gasteiger partial charge in [-0.25, -0.2) is 4.98 Å². The van der Waals surface area contributed by atoms with Crippen molar-refractivity contribution < 1.29 is 13.2 Å². The number of benzene rings is 1. The lowest BCUT2D eigenvalue weighted by molar-refractivity contribution is -0.137. The zero-order valence-corrected chi connectivity index (χ0v) is 13.1. The van der Waals surface area contributed by atoms with Gasteiger partial charge in [-0.3, -0.25) is 0 Å². The summed E-state index contributed by atoms with van der Waals surface area (Å²) in [7, 11) is 1.73. The summed E-state index contributed by atoms with van der Waals surface area (Å²) >= 11 is 2.78. The van der Waals surface area contributed by atoms with Gasteiger partial charge < -0.3 is 5.32 Å². The van der Waals surface area contributed by atoms with Crippen molar-refractivity contribution in [2.45, 2.75) is 23.5 Å². The van der Waals surface area contributed by atoms with E-state index in [2.05, 4.69) is 14.7 Å². The summed E-state index contributed by atoms with van der Waals surface area (Å²) in [4.78, 5) is 4.23. The van der Waals surface area contributed by atoms with Gasteiger partial charge >= 0.3 is 6.18 Å². The number of rotatable bonds is 5. The molecular weight excluding hydrogens is 319 g/mol. The van der Waals surface area contributed by atoms with Crippen LogP contribution < -0.4 is 5.32 Å². The minimum atomic E-state index is -4.32. The van der Waals surface area contributed by atoms with E-state index in [1.54, 1.807) is 13.1 Å². The highest BCUT2D eigenvalue weighted by Gasteiger charge is 2.30. The molecule has 0 aliphatic rings. The fourth-order valence-corrected chi connectivity index (χ4v) is 3.58. The Kier molecular flexibility index (Phi) is 5.23. The zero-order valence-electron chi connectivity index (χ0n) is 11.4. The maximum absolute atomic E-state index is 12.7. The van der Waals surface area contributed by atoms with Gasteiger partial charge in [0.2, 0.25) is 0 Å². The number of aryl methyl sites for hydroxylation is 1. The van der Waals surface area contributed by atoms with E-state index in [1.165, 1.54) is 35.4 Å². The average molecular weight is 333 g/mol. The Morgan fingerprint density at radius 3 is 2.71 bits per heavy atom. The van der Waals surface area contributed by atoms with Gasteiger partial charge in [-0.05, 0) is 43.2 Å².